The van der Waals surface area contributed by atoms with Crippen LogP contribution in [0.1, 0.15) is 13.8 Å². The summed E-state index contributed by atoms with van der Waals surface area (Å²) in [5.41, 5.74) is 0. The molecule has 4 heteroatoms. The van der Waals surface area contributed by atoms with Gasteiger partial charge in [-0.25, -0.2) is 0 Å². The number of halogens is 1. The van der Waals surface area contributed by atoms with Crippen molar-refractivity contribution in [3.8, 4) is 0 Å². The molecule has 54 valence electrons. The Labute approximate surface area is 58.6 Å². The quantitative estimate of drug-likeness (QED) is 0.356. The summed E-state index contributed by atoms with van der Waals surface area (Å²) < 4.78 is 4.19. The van der Waals surface area contributed by atoms with Crippen molar-refractivity contribution in [3.05, 3.63) is 0 Å². The molecule has 0 unspecified atom stereocenters. The molecule has 0 amide bonds. The first-order valence-corrected chi connectivity index (χ1v) is 2.83. The van der Waals surface area contributed by atoms with Crippen LogP contribution in [0.15, 0.2) is 0 Å². The number of esters is 1. The Kier molecular flexibility index (Phi) is 2.94. The number of carbonyl (C=O) groups is 1. The number of alkyl halides is 1. The van der Waals surface area contributed by atoms with E-state index in [1.807, 2.05) is 0 Å². The molecule has 0 saturated heterocycles. The molecule has 0 aromatic rings. The van der Waals surface area contributed by atoms with Gasteiger partial charge in [-0.15, -0.1) is 11.6 Å². The number of carbonyl (C=O) groups excluding carboxylic acids is 1. The molecule has 0 aromatic carbocycles. The Morgan fingerprint density at radius 1 is 1.78 bits per heavy atom. The molecule has 9 heavy (non-hydrogen) atoms. The first-order chi connectivity index (χ1) is 3.98. The zero-order valence-corrected chi connectivity index (χ0v) is 6.10. The van der Waals surface area contributed by atoms with Gasteiger partial charge in [0.25, 0.3) is 0 Å². The second kappa shape index (κ2) is 3.03. The van der Waals surface area contributed by atoms with Crippen molar-refractivity contribution in [2.24, 2.45) is 0 Å². The van der Waals surface area contributed by atoms with E-state index in [1.165, 1.54) is 13.8 Å². The predicted molar refractivity (Wildman–Crippen MR) is 33.1 cm³/mol. The van der Waals surface area contributed by atoms with Crippen LogP contribution in [0, 0.1) is 0 Å². The highest BCUT2D eigenvalue weighted by molar-refractivity contribution is 6.33. The van der Waals surface area contributed by atoms with Crippen LogP contribution in [0.25, 0.3) is 0 Å². The molecule has 0 heterocycles. The standard InChI is InChI=1S/C5H9ClO3/c1-5(2,6)4(8)9-3-7/h7H,3H2,1-2H3. The summed E-state index contributed by atoms with van der Waals surface area (Å²) in [4.78, 5) is 9.51. The SMILES string of the molecule is CC(C)(Cl)C(=O)OCO. The highest BCUT2D eigenvalue weighted by Gasteiger charge is 2.25. The highest BCUT2D eigenvalue weighted by atomic mass is 35.5. The van der Waals surface area contributed by atoms with E-state index in [0.717, 1.165) is 0 Å². The van der Waals surface area contributed by atoms with Gasteiger partial charge < -0.3 is 9.84 Å². The molecule has 0 aliphatic rings. The molecule has 1 N–H and O–H groups in total. The van der Waals surface area contributed by atoms with Gasteiger partial charge in [0.05, 0.1) is 0 Å². The lowest BCUT2D eigenvalue weighted by Gasteiger charge is -2.11. The molecule has 0 aliphatic carbocycles. The second-order valence-corrected chi connectivity index (χ2v) is 2.98. The predicted octanol–water partition coefficient (Wildman–Crippen LogP) is 0.497. The topological polar surface area (TPSA) is 46.5 Å². The van der Waals surface area contributed by atoms with Gasteiger partial charge in [0.2, 0.25) is 0 Å². The van der Waals surface area contributed by atoms with Crippen molar-refractivity contribution in [1.29, 1.82) is 0 Å². The van der Waals surface area contributed by atoms with Crippen molar-refractivity contribution >= 4 is 17.6 Å². The number of aliphatic hydroxyl groups excluding tert-OH is 1. The van der Waals surface area contributed by atoms with Gasteiger partial charge in [0, 0.05) is 0 Å². The van der Waals surface area contributed by atoms with Gasteiger partial charge in [0.15, 0.2) is 6.79 Å². The third kappa shape index (κ3) is 3.32. The Bertz CT molecular complexity index is 105. The zero-order chi connectivity index (χ0) is 7.49. The fourth-order valence-electron chi connectivity index (χ4n) is 0.230. The van der Waals surface area contributed by atoms with Gasteiger partial charge in [0.1, 0.15) is 4.87 Å². The van der Waals surface area contributed by atoms with Crippen LogP contribution in [0.3, 0.4) is 0 Å². The fraction of sp³-hybridized carbons (Fsp3) is 0.800. The van der Waals surface area contributed by atoms with Crippen molar-refractivity contribution in [3.63, 3.8) is 0 Å². The molecule has 0 saturated carbocycles. The Hall–Kier alpha value is -0.280. The van der Waals surface area contributed by atoms with Crippen LogP contribution in [0.4, 0.5) is 0 Å². The first-order valence-electron chi connectivity index (χ1n) is 2.45. The third-order valence-electron chi connectivity index (χ3n) is 0.681. The smallest absolute Gasteiger partial charge is 0.328 e. The third-order valence-corrected chi connectivity index (χ3v) is 0.835. The van der Waals surface area contributed by atoms with Crippen molar-refractivity contribution in [2.45, 2.75) is 18.7 Å². The molecule has 3 nitrogen and oxygen atoms in total. The Morgan fingerprint density at radius 2 is 2.22 bits per heavy atom. The van der Waals surface area contributed by atoms with Crippen LogP contribution in [0.5, 0.6) is 0 Å². The van der Waals surface area contributed by atoms with Crippen molar-refractivity contribution in [1.82, 2.24) is 0 Å². The maximum atomic E-state index is 10.6. The summed E-state index contributed by atoms with van der Waals surface area (Å²) in [7, 11) is 0. The van der Waals surface area contributed by atoms with Gasteiger partial charge in [-0.3, -0.25) is 4.79 Å². The lowest BCUT2D eigenvalue weighted by molar-refractivity contribution is -0.154. The van der Waals surface area contributed by atoms with E-state index in [0.29, 0.717) is 0 Å². The minimum Gasteiger partial charge on any atom is -0.437 e. The van der Waals surface area contributed by atoms with E-state index in [2.05, 4.69) is 4.74 Å². The molecule has 0 bridgehead atoms. The summed E-state index contributed by atoms with van der Waals surface area (Å²) in [6.07, 6.45) is 0. The number of ether oxygens (including phenoxy) is 1. The number of rotatable bonds is 2. The van der Waals surface area contributed by atoms with E-state index in [1.54, 1.807) is 0 Å². The molecule has 0 radical (unpaired) electrons. The number of hydrogen-bond donors (Lipinski definition) is 1. The Morgan fingerprint density at radius 3 is 2.33 bits per heavy atom. The van der Waals surface area contributed by atoms with Crippen LogP contribution in [-0.4, -0.2) is 22.7 Å². The molecular formula is C5H9ClO3. The van der Waals surface area contributed by atoms with E-state index < -0.39 is 17.6 Å². The van der Waals surface area contributed by atoms with Gasteiger partial charge in [-0.05, 0) is 13.8 Å². The van der Waals surface area contributed by atoms with E-state index >= 15 is 0 Å². The summed E-state index contributed by atoms with van der Waals surface area (Å²) in [6.45, 7) is 2.37. The van der Waals surface area contributed by atoms with E-state index in [-0.39, 0.29) is 0 Å². The second-order valence-electron chi connectivity index (χ2n) is 2.03. The van der Waals surface area contributed by atoms with Gasteiger partial charge in [-0.2, -0.15) is 0 Å². The van der Waals surface area contributed by atoms with E-state index in [9.17, 15) is 4.79 Å². The maximum absolute atomic E-state index is 10.6. The lowest BCUT2D eigenvalue weighted by Crippen LogP contribution is -2.27. The van der Waals surface area contributed by atoms with Crippen molar-refractivity contribution in [2.75, 3.05) is 6.79 Å². The van der Waals surface area contributed by atoms with Crippen LogP contribution in [0.2, 0.25) is 0 Å². The number of aliphatic hydroxyl groups is 1. The van der Waals surface area contributed by atoms with Crippen LogP contribution < -0.4 is 0 Å². The molecule has 0 spiro atoms. The maximum Gasteiger partial charge on any atom is 0.328 e. The van der Waals surface area contributed by atoms with E-state index in [4.69, 9.17) is 16.7 Å². The van der Waals surface area contributed by atoms with Crippen LogP contribution >= 0.6 is 11.6 Å². The zero-order valence-electron chi connectivity index (χ0n) is 5.35. The first kappa shape index (κ1) is 8.72. The van der Waals surface area contributed by atoms with Crippen molar-refractivity contribution < 1.29 is 14.6 Å². The Balaban J connectivity index is 3.74. The normalized spacial score (nSPS) is 11.1. The molecule has 0 fully saturated rings. The molecule has 0 rings (SSSR count). The fourth-order valence-corrected chi connectivity index (χ4v) is 0.285. The number of hydrogen-bond acceptors (Lipinski definition) is 3. The minimum atomic E-state index is -1.04. The summed E-state index contributed by atoms with van der Waals surface area (Å²) in [6, 6.07) is 0. The molecule has 0 atom stereocenters. The van der Waals surface area contributed by atoms with Gasteiger partial charge in [-0.1, -0.05) is 0 Å². The highest BCUT2D eigenvalue weighted by Crippen LogP contribution is 2.13. The summed E-state index contributed by atoms with van der Waals surface area (Å²) in [5.74, 6) is -0.619. The van der Waals surface area contributed by atoms with Gasteiger partial charge >= 0.3 is 5.97 Å². The average Bonchev–Trinajstić information content (AvgIpc) is 1.64. The summed E-state index contributed by atoms with van der Waals surface area (Å²) >= 11 is 5.48. The largest absolute Gasteiger partial charge is 0.437 e. The van der Waals surface area contributed by atoms with Crippen LogP contribution in [-0.2, 0) is 9.53 Å². The molecular weight excluding hydrogens is 144 g/mol. The monoisotopic (exact) mass is 152 g/mol. The molecule has 0 aromatic heterocycles. The lowest BCUT2D eigenvalue weighted by atomic mass is 10.2. The summed E-state index contributed by atoms with van der Waals surface area (Å²) in [5, 5.41) is 8.10. The average molecular weight is 153 g/mol. The molecule has 0 aliphatic heterocycles. The minimum absolute atomic E-state index is 0.616.